The van der Waals surface area contributed by atoms with Crippen LogP contribution < -0.4 is 5.32 Å². The molecule has 0 aromatic carbocycles. The van der Waals surface area contributed by atoms with Crippen LogP contribution in [0.2, 0.25) is 0 Å². The molecule has 0 radical (unpaired) electrons. The van der Waals surface area contributed by atoms with Gasteiger partial charge in [0.25, 0.3) is 0 Å². The van der Waals surface area contributed by atoms with Crippen LogP contribution in [0.5, 0.6) is 0 Å². The largest absolute Gasteiger partial charge is 0.394 e. The first kappa shape index (κ1) is 61.3. The molecule has 0 heterocycles. The average Bonchev–Trinajstić information content (AvgIpc) is 3.29. The van der Waals surface area contributed by atoms with Gasteiger partial charge in [-0.3, -0.25) is 4.79 Å². The van der Waals surface area contributed by atoms with Gasteiger partial charge in [-0.05, 0) is 89.9 Å². The molecule has 370 valence electrons. The van der Waals surface area contributed by atoms with Crippen molar-refractivity contribution in [2.24, 2.45) is 0 Å². The molecular weight excluding hydrogens is 779 g/mol. The average molecular weight is 886 g/mol. The van der Waals surface area contributed by atoms with Crippen LogP contribution in [0.25, 0.3) is 0 Å². The Labute approximate surface area is 391 Å². The topological polar surface area (TPSA) is 110 Å². The van der Waals surface area contributed by atoms with Gasteiger partial charge in [0, 0.05) is 0 Å². The lowest BCUT2D eigenvalue weighted by atomic mass is 10.00. The summed E-state index contributed by atoms with van der Waals surface area (Å²) in [4.78, 5) is 12.6. The van der Waals surface area contributed by atoms with E-state index in [1.807, 2.05) is 0 Å². The van der Waals surface area contributed by atoms with Gasteiger partial charge in [0.2, 0.25) is 5.91 Å². The maximum absolute atomic E-state index is 12.6. The minimum Gasteiger partial charge on any atom is -0.394 e. The molecule has 0 aromatic rings. The molecule has 0 aliphatic rings. The van der Waals surface area contributed by atoms with Crippen LogP contribution in [0.4, 0.5) is 0 Å². The third-order valence-electron chi connectivity index (χ3n) is 12.7. The number of rotatable bonds is 50. The van der Waals surface area contributed by atoms with Crippen LogP contribution in [-0.4, -0.2) is 57.3 Å². The number of unbranched alkanes of at least 4 members (excludes halogenated alkanes) is 33. The summed E-state index contributed by atoms with van der Waals surface area (Å²) in [5, 5.41) is 43.9. The highest BCUT2D eigenvalue weighted by atomic mass is 16.3. The van der Waals surface area contributed by atoms with Crippen molar-refractivity contribution in [3.05, 3.63) is 48.6 Å². The molecule has 0 spiro atoms. The summed E-state index contributed by atoms with van der Waals surface area (Å²) in [6, 6.07) is -1.01. The lowest BCUT2D eigenvalue weighted by Gasteiger charge is -2.27. The molecule has 1 amide bonds. The zero-order valence-corrected chi connectivity index (χ0v) is 41.8. The summed E-state index contributed by atoms with van der Waals surface area (Å²) in [5.74, 6) is -0.599. The molecule has 6 heteroatoms. The summed E-state index contributed by atoms with van der Waals surface area (Å²) in [6.45, 7) is 4.05. The molecule has 4 atom stereocenters. The van der Waals surface area contributed by atoms with E-state index in [1.165, 1.54) is 193 Å². The number of aliphatic hydroxyl groups is 4. The Balaban J connectivity index is 3.70. The van der Waals surface area contributed by atoms with Crippen molar-refractivity contribution in [3.63, 3.8) is 0 Å². The van der Waals surface area contributed by atoms with E-state index in [9.17, 15) is 25.2 Å². The molecule has 0 rings (SSSR count). The third kappa shape index (κ3) is 45.2. The number of carbonyl (C=O) groups is 1. The van der Waals surface area contributed by atoms with E-state index in [0.717, 1.165) is 51.4 Å². The van der Waals surface area contributed by atoms with Crippen molar-refractivity contribution >= 4 is 5.91 Å². The van der Waals surface area contributed by atoms with Crippen LogP contribution in [0.1, 0.15) is 277 Å². The van der Waals surface area contributed by atoms with Crippen LogP contribution in [0.3, 0.4) is 0 Å². The number of nitrogens with one attached hydrogen (secondary N) is 1. The predicted octanol–water partition coefficient (Wildman–Crippen LogP) is 15.8. The summed E-state index contributed by atoms with van der Waals surface area (Å²) >= 11 is 0. The molecule has 0 saturated heterocycles. The van der Waals surface area contributed by atoms with Gasteiger partial charge < -0.3 is 25.7 Å². The first-order valence-electron chi connectivity index (χ1n) is 27.5. The van der Waals surface area contributed by atoms with Gasteiger partial charge in [-0.2, -0.15) is 0 Å². The maximum atomic E-state index is 12.6. The Morgan fingerprint density at radius 1 is 0.381 bits per heavy atom. The quantitative estimate of drug-likeness (QED) is 0.0309. The monoisotopic (exact) mass is 886 g/mol. The fourth-order valence-corrected chi connectivity index (χ4v) is 8.37. The molecule has 0 aliphatic carbocycles. The Morgan fingerprint density at radius 2 is 0.667 bits per heavy atom. The highest BCUT2D eigenvalue weighted by Crippen LogP contribution is 2.16. The molecule has 5 N–H and O–H groups in total. The Kier molecular flexibility index (Phi) is 49.8. The maximum Gasteiger partial charge on any atom is 0.249 e. The van der Waals surface area contributed by atoms with Crippen LogP contribution in [0.15, 0.2) is 48.6 Å². The molecule has 6 nitrogen and oxygen atoms in total. The Morgan fingerprint density at radius 3 is 1.00 bits per heavy atom. The highest BCUT2D eigenvalue weighted by Gasteiger charge is 2.28. The normalized spacial score (nSPS) is 14.2. The highest BCUT2D eigenvalue weighted by molar-refractivity contribution is 5.80. The zero-order chi connectivity index (χ0) is 45.9. The van der Waals surface area contributed by atoms with Gasteiger partial charge >= 0.3 is 0 Å². The number of hydrogen-bond acceptors (Lipinski definition) is 5. The molecule has 4 unspecified atom stereocenters. The van der Waals surface area contributed by atoms with Crippen molar-refractivity contribution in [3.8, 4) is 0 Å². The van der Waals surface area contributed by atoms with Crippen molar-refractivity contribution < 1.29 is 25.2 Å². The fraction of sp³-hybridized carbons (Fsp3) is 0.842. The first-order valence-corrected chi connectivity index (χ1v) is 27.5. The Hall–Kier alpha value is -1.73. The minimum absolute atomic E-state index is 0.357. The molecule has 0 aliphatic heterocycles. The summed E-state index contributed by atoms with van der Waals surface area (Å²) < 4.78 is 0. The van der Waals surface area contributed by atoms with E-state index >= 15 is 0 Å². The van der Waals surface area contributed by atoms with Gasteiger partial charge in [0.15, 0.2) is 0 Å². The number of carbonyl (C=O) groups excluding carboxylic acids is 1. The molecule has 63 heavy (non-hydrogen) atoms. The zero-order valence-electron chi connectivity index (χ0n) is 41.8. The second kappa shape index (κ2) is 51.3. The van der Waals surface area contributed by atoms with Gasteiger partial charge in [-0.15, -0.1) is 0 Å². The van der Waals surface area contributed by atoms with Crippen molar-refractivity contribution in [2.75, 3.05) is 6.61 Å². The van der Waals surface area contributed by atoms with Gasteiger partial charge in [-0.25, -0.2) is 0 Å². The third-order valence-corrected chi connectivity index (χ3v) is 12.7. The SMILES string of the molecule is CCCCCCCCC/C=C/CC/C=C/CC/C=C/CCCC(O)C(O)C(CO)NC(=O)C(O)CCCCCCCCCCCCC/C=C\CCCCCCCCCCCCCC. The predicted molar refractivity (Wildman–Crippen MR) is 274 cm³/mol. The molecule has 0 aromatic heterocycles. The van der Waals surface area contributed by atoms with E-state index in [2.05, 4.69) is 67.8 Å². The van der Waals surface area contributed by atoms with E-state index in [1.54, 1.807) is 0 Å². The molecule has 0 fully saturated rings. The van der Waals surface area contributed by atoms with Gasteiger partial charge in [-0.1, -0.05) is 236 Å². The van der Waals surface area contributed by atoms with E-state index in [4.69, 9.17) is 0 Å². The summed E-state index contributed by atoms with van der Waals surface area (Å²) in [6.07, 6.45) is 64.6. The van der Waals surface area contributed by atoms with Crippen LogP contribution in [-0.2, 0) is 4.79 Å². The first-order chi connectivity index (χ1) is 31.0. The fourth-order valence-electron chi connectivity index (χ4n) is 8.37. The minimum atomic E-state index is -1.30. The number of allylic oxidation sites excluding steroid dienone is 8. The summed E-state index contributed by atoms with van der Waals surface area (Å²) in [5.41, 5.74) is 0. The second-order valence-electron chi connectivity index (χ2n) is 18.9. The van der Waals surface area contributed by atoms with Crippen molar-refractivity contribution in [1.82, 2.24) is 5.32 Å². The number of amides is 1. The lowest BCUT2D eigenvalue weighted by molar-refractivity contribution is -0.132. The smallest absolute Gasteiger partial charge is 0.249 e. The van der Waals surface area contributed by atoms with Gasteiger partial charge in [0.05, 0.1) is 18.8 Å². The molecule has 0 bridgehead atoms. The second-order valence-corrected chi connectivity index (χ2v) is 18.9. The number of aliphatic hydroxyl groups excluding tert-OH is 4. The van der Waals surface area contributed by atoms with Gasteiger partial charge in [0.1, 0.15) is 12.2 Å². The summed E-state index contributed by atoms with van der Waals surface area (Å²) in [7, 11) is 0. The molecule has 0 saturated carbocycles. The Bertz CT molecular complexity index is 1040. The van der Waals surface area contributed by atoms with E-state index in [0.29, 0.717) is 19.3 Å². The van der Waals surface area contributed by atoms with Crippen LogP contribution >= 0.6 is 0 Å². The molecular formula is C57H107NO5. The van der Waals surface area contributed by atoms with E-state index < -0.39 is 36.9 Å². The van der Waals surface area contributed by atoms with Crippen LogP contribution in [0, 0.1) is 0 Å². The van der Waals surface area contributed by atoms with E-state index in [-0.39, 0.29) is 0 Å². The lowest BCUT2D eigenvalue weighted by Crippen LogP contribution is -2.53. The standard InChI is InChI=1S/C57H107NO5/c1-3-5-7-9-11-13-15-17-19-21-23-25-26-27-28-29-30-31-33-35-37-39-41-43-45-47-49-51-55(61)57(63)58-53(52-59)56(62)54(60)50-48-46-44-42-40-38-36-34-32-24-22-20-18-16-14-12-10-8-6-4-2/h20,22,27-28,34,36,42,44,53-56,59-62H,3-19,21,23-26,29-33,35,37-41,43,45-52H2,1-2H3,(H,58,63)/b22-20+,28-27-,36-34+,44-42+. The number of hydrogen-bond donors (Lipinski definition) is 5. The van der Waals surface area contributed by atoms with Crippen molar-refractivity contribution in [2.45, 2.75) is 301 Å². The van der Waals surface area contributed by atoms with Crippen molar-refractivity contribution in [1.29, 1.82) is 0 Å².